The van der Waals surface area contributed by atoms with E-state index in [-0.39, 0.29) is 39.2 Å². The molecular weight excluding hydrogens is 449 g/mol. The minimum Gasteiger partial charge on any atom is -0.434 e. The fourth-order valence-corrected chi connectivity index (χ4v) is 3.77. The summed E-state index contributed by atoms with van der Waals surface area (Å²) in [5.41, 5.74) is 3.94. The highest BCUT2D eigenvalue weighted by Crippen LogP contribution is 2.42. The number of nitrogens with two attached hydrogens (primary N) is 1. The zero-order chi connectivity index (χ0) is 22.3. The van der Waals surface area contributed by atoms with Crippen molar-refractivity contribution < 1.29 is 4.74 Å². The average Bonchev–Trinajstić information content (AvgIpc) is 2.69. The predicted molar refractivity (Wildman–Crippen MR) is 111 cm³/mol. The van der Waals surface area contributed by atoms with Crippen LogP contribution in [0, 0.1) is 17.2 Å². The van der Waals surface area contributed by atoms with Gasteiger partial charge in [0, 0.05) is 17.5 Å². The Kier molecular flexibility index (Phi) is 5.26. The van der Waals surface area contributed by atoms with Crippen molar-refractivity contribution in [3.8, 4) is 23.4 Å². The van der Waals surface area contributed by atoms with Crippen LogP contribution >= 0.6 is 23.2 Å². The molecule has 1 fully saturated rings. The van der Waals surface area contributed by atoms with Gasteiger partial charge in [-0.3, -0.25) is 14.6 Å². The van der Waals surface area contributed by atoms with Gasteiger partial charge >= 0.3 is 5.69 Å². The number of hydrogen-bond donors (Lipinski definition) is 3. The maximum Gasteiger partial charge on any atom is 0.349 e. The smallest absolute Gasteiger partial charge is 0.349 e. The van der Waals surface area contributed by atoms with Gasteiger partial charge < -0.3 is 10.5 Å². The third-order valence-corrected chi connectivity index (χ3v) is 5.50. The fraction of sp³-hybridized carbons (Fsp3) is 0.222. The fourth-order valence-electron chi connectivity index (χ4n) is 3.21. The van der Waals surface area contributed by atoms with E-state index >= 15 is 0 Å². The van der Waals surface area contributed by atoms with Crippen molar-refractivity contribution in [1.29, 1.82) is 5.26 Å². The molecule has 4 N–H and O–H groups in total. The number of hydrogen-bond acceptors (Lipinski definition) is 8. The maximum absolute atomic E-state index is 12.1. The number of nitrogen functional groups attached to an aromatic ring is 1. The number of halogens is 2. The van der Waals surface area contributed by atoms with Gasteiger partial charge in [-0.15, -0.1) is 10.2 Å². The van der Waals surface area contributed by atoms with Crippen LogP contribution in [-0.4, -0.2) is 25.0 Å². The second kappa shape index (κ2) is 7.90. The molecule has 0 spiro atoms. The van der Waals surface area contributed by atoms with Crippen LogP contribution in [0.4, 0.5) is 5.82 Å². The van der Waals surface area contributed by atoms with Crippen LogP contribution in [0.5, 0.6) is 11.6 Å². The van der Waals surface area contributed by atoms with Crippen molar-refractivity contribution in [2.24, 2.45) is 5.92 Å². The average molecular weight is 462 g/mol. The van der Waals surface area contributed by atoms with Crippen molar-refractivity contribution in [1.82, 2.24) is 25.0 Å². The molecule has 2 heterocycles. The molecule has 0 radical (unpaired) electrons. The summed E-state index contributed by atoms with van der Waals surface area (Å²) in [6, 6.07) is 6.29. The summed E-state index contributed by atoms with van der Waals surface area (Å²) in [6.07, 6.45) is 1.44. The van der Waals surface area contributed by atoms with Gasteiger partial charge in [-0.1, -0.05) is 23.2 Å². The molecule has 2 atom stereocenters. The number of rotatable bonds is 4. The molecule has 1 aliphatic rings. The molecule has 1 saturated carbocycles. The van der Waals surface area contributed by atoms with Crippen LogP contribution in [0.1, 0.15) is 24.3 Å². The largest absolute Gasteiger partial charge is 0.434 e. The summed E-state index contributed by atoms with van der Waals surface area (Å²) in [5.74, 6) is -0.801. The van der Waals surface area contributed by atoms with Crippen LogP contribution in [0.2, 0.25) is 10.0 Å². The number of H-pyrrole nitrogens is 2. The van der Waals surface area contributed by atoms with Gasteiger partial charge in [-0.2, -0.15) is 9.94 Å². The summed E-state index contributed by atoms with van der Waals surface area (Å²) >= 11 is 12.6. The third kappa shape index (κ3) is 3.78. The Labute approximate surface area is 183 Å². The lowest BCUT2D eigenvalue weighted by molar-refractivity contribution is 0.320. The summed E-state index contributed by atoms with van der Waals surface area (Å²) < 4.78 is 6.50. The molecule has 11 nitrogen and oxygen atoms in total. The van der Waals surface area contributed by atoms with Crippen molar-refractivity contribution in [2.45, 2.75) is 18.8 Å². The molecule has 0 bridgehead atoms. The lowest BCUT2D eigenvalue weighted by Gasteiger charge is -2.30. The van der Waals surface area contributed by atoms with Gasteiger partial charge in [0.25, 0.3) is 11.1 Å². The van der Waals surface area contributed by atoms with Gasteiger partial charge in [-0.05, 0) is 25.0 Å². The van der Waals surface area contributed by atoms with Gasteiger partial charge in [0.05, 0.1) is 27.7 Å². The summed E-state index contributed by atoms with van der Waals surface area (Å²) in [5, 5.41) is 19.1. The summed E-state index contributed by atoms with van der Waals surface area (Å²) in [4.78, 5) is 37.6. The van der Waals surface area contributed by atoms with Crippen LogP contribution in [0.25, 0.3) is 5.69 Å². The van der Waals surface area contributed by atoms with Crippen molar-refractivity contribution in [2.75, 3.05) is 5.73 Å². The van der Waals surface area contributed by atoms with E-state index in [0.717, 1.165) is 11.1 Å². The number of nitriles is 1. The molecule has 2 aromatic heterocycles. The van der Waals surface area contributed by atoms with Crippen molar-refractivity contribution in [3.05, 3.63) is 65.0 Å². The highest BCUT2D eigenvalue weighted by atomic mass is 35.5. The molecule has 4 rings (SSSR count). The Morgan fingerprint density at radius 1 is 1.16 bits per heavy atom. The van der Waals surface area contributed by atoms with E-state index in [4.69, 9.17) is 38.9 Å². The van der Waals surface area contributed by atoms with E-state index in [0.29, 0.717) is 12.0 Å². The van der Waals surface area contributed by atoms with Crippen LogP contribution in [-0.2, 0) is 0 Å². The minimum absolute atomic E-state index is 0.00840. The molecule has 31 heavy (non-hydrogen) atoms. The maximum atomic E-state index is 12.1. The van der Waals surface area contributed by atoms with E-state index < -0.39 is 22.6 Å². The van der Waals surface area contributed by atoms with E-state index in [2.05, 4.69) is 21.4 Å². The van der Waals surface area contributed by atoms with Gasteiger partial charge in [0.15, 0.2) is 5.75 Å². The minimum atomic E-state index is -0.834. The van der Waals surface area contributed by atoms with Crippen molar-refractivity contribution in [3.63, 3.8) is 0 Å². The summed E-state index contributed by atoms with van der Waals surface area (Å²) in [7, 11) is 0. The van der Waals surface area contributed by atoms with Crippen LogP contribution in [0.3, 0.4) is 0 Å². The molecule has 0 unspecified atom stereocenters. The quantitative estimate of drug-likeness (QED) is 0.525. The number of aromatic nitrogens is 5. The SMILES string of the molecule is N#C[C@H]1CC[C@@H]1c1cc(Oc2c(Cl)cc(-n3nc(N)c(=O)[nH]c3=O)cc2Cl)n[nH]c1=O. The Bertz CT molecular complexity index is 1380. The first-order valence-electron chi connectivity index (χ1n) is 8.94. The number of anilines is 1. The molecule has 1 aliphatic carbocycles. The molecule has 0 amide bonds. The van der Waals surface area contributed by atoms with Crippen molar-refractivity contribution >= 4 is 29.0 Å². The monoisotopic (exact) mass is 461 g/mol. The Morgan fingerprint density at radius 3 is 2.48 bits per heavy atom. The molecule has 1 aromatic carbocycles. The summed E-state index contributed by atoms with van der Waals surface area (Å²) in [6.45, 7) is 0. The number of nitrogens with one attached hydrogen (secondary N) is 2. The standard InChI is InChI=1S/C18H13Cl2N7O4/c19-11-3-8(27-18(30)23-17(29)15(22)26-27)4-12(20)14(11)31-13-5-10(16(28)25-24-13)9-2-1-7(9)6-21/h3-5,7,9H,1-2H2,(H2,22,26)(H,25,28)(H,23,29,30)/t7-,9+/m1/s1. The second-order valence-electron chi connectivity index (χ2n) is 6.81. The van der Waals surface area contributed by atoms with Crippen LogP contribution < -0.4 is 27.3 Å². The zero-order valence-corrected chi connectivity index (χ0v) is 17.1. The topological polar surface area (TPSA) is 173 Å². The third-order valence-electron chi connectivity index (χ3n) is 4.94. The first-order valence-corrected chi connectivity index (χ1v) is 9.69. The number of benzene rings is 1. The second-order valence-corrected chi connectivity index (χ2v) is 7.62. The normalized spacial score (nSPS) is 17.6. The number of nitrogens with zero attached hydrogens (tertiary/aromatic N) is 4. The lowest BCUT2D eigenvalue weighted by atomic mass is 9.71. The number of ether oxygens (including phenoxy) is 1. The highest BCUT2D eigenvalue weighted by Gasteiger charge is 2.34. The van der Waals surface area contributed by atoms with Gasteiger partial charge in [-0.25, -0.2) is 9.89 Å². The molecule has 0 saturated heterocycles. The Morgan fingerprint density at radius 2 is 1.87 bits per heavy atom. The van der Waals surface area contributed by atoms with Gasteiger partial charge in [0.2, 0.25) is 11.7 Å². The molecular formula is C18H13Cl2N7O4. The zero-order valence-electron chi connectivity index (χ0n) is 15.6. The molecule has 0 aliphatic heterocycles. The molecule has 3 aromatic rings. The lowest BCUT2D eigenvalue weighted by Crippen LogP contribution is -2.33. The Hall–Kier alpha value is -3.62. The highest BCUT2D eigenvalue weighted by molar-refractivity contribution is 6.37. The van der Waals surface area contributed by atoms with Gasteiger partial charge in [0.1, 0.15) is 0 Å². The van der Waals surface area contributed by atoms with Crippen LogP contribution in [0.15, 0.2) is 32.6 Å². The first kappa shape index (κ1) is 20.6. The predicted octanol–water partition coefficient (Wildman–Crippen LogP) is 1.70. The molecule has 158 valence electrons. The number of aromatic amines is 2. The first-order chi connectivity index (χ1) is 14.8. The van der Waals surface area contributed by atoms with E-state index in [1.54, 1.807) is 0 Å². The van der Waals surface area contributed by atoms with E-state index in [1.165, 1.54) is 18.2 Å². The van der Waals surface area contributed by atoms with E-state index in [9.17, 15) is 14.4 Å². The molecule has 13 heteroatoms. The Balaban J connectivity index is 1.69. The van der Waals surface area contributed by atoms with E-state index in [1.807, 2.05) is 4.98 Å².